The van der Waals surface area contributed by atoms with Crippen LogP contribution in [0.1, 0.15) is 5.56 Å². The lowest BCUT2D eigenvalue weighted by Gasteiger charge is -1.87. The molecule has 0 aliphatic rings. The third kappa shape index (κ3) is 1.90. The van der Waals surface area contributed by atoms with Gasteiger partial charge in [-0.25, -0.2) is 4.52 Å². The maximum absolute atomic E-state index is 11.3. The zero-order valence-electron chi connectivity index (χ0n) is 8.24. The summed E-state index contributed by atoms with van der Waals surface area (Å²) in [7, 11) is 1.83. The largest absolute Gasteiger partial charge is 0.310 e. The quantitative estimate of drug-likeness (QED) is 0.618. The van der Waals surface area contributed by atoms with Crippen molar-refractivity contribution in [3.8, 4) is 11.8 Å². The van der Waals surface area contributed by atoms with Gasteiger partial charge < -0.3 is 10.3 Å². The molecule has 0 saturated heterocycles. The molecule has 0 aliphatic carbocycles. The summed E-state index contributed by atoms with van der Waals surface area (Å²) in [6.07, 6.45) is 3.09. The maximum Gasteiger partial charge on any atom is 0.275 e. The smallest absolute Gasteiger partial charge is 0.275 e. The first-order chi connectivity index (χ1) is 7.31. The SMILES string of the molecule is CNCC#Cc1cc2c(=O)[nH]cnn2c1. The highest BCUT2D eigenvalue weighted by molar-refractivity contribution is 5.52. The number of fused-ring (bicyclic) bond motifs is 1. The van der Waals surface area contributed by atoms with Crippen LogP contribution in [0.15, 0.2) is 23.4 Å². The van der Waals surface area contributed by atoms with E-state index >= 15 is 0 Å². The molecule has 0 amide bonds. The lowest BCUT2D eigenvalue weighted by Crippen LogP contribution is -2.09. The molecule has 0 aliphatic heterocycles. The Morgan fingerprint density at radius 2 is 2.53 bits per heavy atom. The third-order valence-corrected chi connectivity index (χ3v) is 1.91. The Morgan fingerprint density at radius 3 is 3.27 bits per heavy atom. The van der Waals surface area contributed by atoms with Crippen LogP contribution >= 0.6 is 0 Å². The number of rotatable bonds is 1. The van der Waals surface area contributed by atoms with E-state index in [1.807, 2.05) is 7.05 Å². The molecule has 0 saturated carbocycles. The second-order valence-corrected chi connectivity index (χ2v) is 3.01. The number of aromatic nitrogens is 3. The van der Waals surface area contributed by atoms with Gasteiger partial charge in [0.2, 0.25) is 0 Å². The number of nitrogens with zero attached hydrogens (tertiary/aromatic N) is 2. The molecule has 0 atom stereocenters. The molecular weight excluding hydrogens is 192 g/mol. The number of hydrogen-bond acceptors (Lipinski definition) is 3. The van der Waals surface area contributed by atoms with Gasteiger partial charge in [0.05, 0.1) is 6.54 Å². The van der Waals surface area contributed by atoms with Gasteiger partial charge in [-0.2, -0.15) is 5.10 Å². The predicted molar refractivity (Wildman–Crippen MR) is 56.6 cm³/mol. The summed E-state index contributed by atoms with van der Waals surface area (Å²) in [6.45, 7) is 0.621. The van der Waals surface area contributed by atoms with Crippen molar-refractivity contribution >= 4 is 5.52 Å². The fourth-order valence-electron chi connectivity index (χ4n) is 1.24. The minimum Gasteiger partial charge on any atom is -0.310 e. The standard InChI is InChI=1S/C10H10N4O/c1-11-4-2-3-8-5-9-10(15)12-7-13-14(9)6-8/h5-7,11H,4H2,1H3,(H,12,13,15). The van der Waals surface area contributed by atoms with Gasteiger partial charge in [0.1, 0.15) is 11.8 Å². The normalized spacial score (nSPS) is 9.93. The Morgan fingerprint density at radius 1 is 1.67 bits per heavy atom. The number of aromatic amines is 1. The molecule has 2 aromatic heterocycles. The third-order valence-electron chi connectivity index (χ3n) is 1.91. The summed E-state index contributed by atoms with van der Waals surface area (Å²) in [6, 6.07) is 1.72. The molecule has 0 spiro atoms. The van der Waals surface area contributed by atoms with Gasteiger partial charge in [-0.3, -0.25) is 4.79 Å². The van der Waals surface area contributed by atoms with E-state index < -0.39 is 0 Å². The van der Waals surface area contributed by atoms with Crippen molar-refractivity contribution in [1.29, 1.82) is 0 Å². The molecule has 2 heterocycles. The summed E-state index contributed by atoms with van der Waals surface area (Å²) in [5.41, 5.74) is 1.13. The van der Waals surface area contributed by atoms with Gasteiger partial charge in [-0.1, -0.05) is 11.8 Å². The van der Waals surface area contributed by atoms with Gasteiger partial charge >= 0.3 is 0 Å². The Hall–Kier alpha value is -2.06. The summed E-state index contributed by atoms with van der Waals surface area (Å²) < 4.78 is 1.52. The van der Waals surface area contributed by atoms with Gasteiger partial charge in [-0.05, 0) is 13.1 Å². The van der Waals surface area contributed by atoms with E-state index in [1.54, 1.807) is 12.3 Å². The van der Waals surface area contributed by atoms with E-state index in [9.17, 15) is 4.79 Å². The van der Waals surface area contributed by atoms with Crippen LogP contribution in [0.2, 0.25) is 0 Å². The van der Waals surface area contributed by atoms with E-state index in [0.717, 1.165) is 5.56 Å². The molecule has 0 bridgehead atoms. The molecule has 5 heteroatoms. The van der Waals surface area contributed by atoms with E-state index in [0.29, 0.717) is 12.1 Å². The van der Waals surface area contributed by atoms with Crippen molar-refractivity contribution in [2.75, 3.05) is 13.6 Å². The summed E-state index contributed by atoms with van der Waals surface area (Å²) >= 11 is 0. The molecule has 0 aromatic carbocycles. The van der Waals surface area contributed by atoms with Crippen molar-refractivity contribution in [2.24, 2.45) is 0 Å². The fraction of sp³-hybridized carbons (Fsp3) is 0.200. The minimum absolute atomic E-state index is 0.160. The molecule has 0 fully saturated rings. The van der Waals surface area contributed by atoms with Crippen LogP contribution in [-0.4, -0.2) is 28.2 Å². The number of H-pyrrole nitrogens is 1. The van der Waals surface area contributed by atoms with Crippen LogP contribution in [0.5, 0.6) is 0 Å². The number of hydrogen-bond donors (Lipinski definition) is 2. The Bertz CT molecular complexity index is 584. The van der Waals surface area contributed by atoms with E-state index in [1.165, 1.54) is 10.8 Å². The Kier molecular flexibility index (Phi) is 2.52. The minimum atomic E-state index is -0.160. The monoisotopic (exact) mass is 202 g/mol. The van der Waals surface area contributed by atoms with Crippen LogP contribution in [0.3, 0.4) is 0 Å². The topological polar surface area (TPSA) is 62.2 Å². The van der Waals surface area contributed by atoms with Crippen LogP contribution in [0.25, 0.3) is 5.52 Å². The van der Waals surface area contributed by atoms with Crippen molar-refractivity contribution in [3.63, 3.8) is 0 Å². The van der Waals surface area contributed by atoms with E-state index in [4.69, 9.17) is 0 Å². The summed E-state index contributed by atoms with van der Waals surface area (Å²) in [5, 5.41) is 6.89. The predicted octanol–water partition coefficient (Wildman–Crippen LogP) is -0.407. The van der Waals surface area contributed by atoms with Crippen molar-refractivity contribution in [1.82, 2.24) is 19.9 Å². The average Bonchev–Trinajstić information content (AvgIpc) is 2.63. The van der Waals surface area contributed by atoms with Gasteiger partial charge in [-0.15, -0.1) is 0 Å². The summed E-state index contributed by atoms with van der Waals surface area (Å²) in [4.78, 5) is 13.9. The average molecular weight is 202 g/mol. The second kappa shape index (κ2) is 3.98. The molecule has 2 aromatic rings. The van der Waals surface area contributed by atoms with Crippen LogP contribution < -0.4 is 10.9 Å². The Balaban J connectivity index is 2.45. The first-order valence-corrected chi connectivity index (χ1v) is 4.51. The molecular formula is C10H10N4O. The molecule has 0 radical (unpaired) electrons. The molecule has 2 N–H and O–H groups in total. The van der Waals surface area contributed by atoms with Gasteiger partial charge in [0, 0.05) is 11.8 Å². The summed E-state index contributed by atoms with van der Waals surface area (Å²) in [5.74, 6) is 5.85. The zero-order chi connectivity index (χ0) is 10.7. The molecule has 15 heavy (non-hydrogen) atoms. The highest BCUT2D eigenvalue weighted by Crippen LogP contribution is 2.01. The van der Waals surface area contributed by atoms with E-state index in [2.05, 4.69) is 27.2 Å². The highest BCUT2D eigenvalue weighted by atomic mass is 16.1. The van der Waals surface area contributed by atoms with E-state index in [-0.39, 0.29) is 5.56 Å². The second-order valence-electron chi connectivity index (χ2n) is 3.01. The number of nitrogens with one attached hydrogen (secondary N) is 2. The van der Waals surface area contributed by atoms with Gasteiger partial charge in [0.15, 0.2) is 0 Å². The zero-order valence-corrected chi connectivity index (χ0v) is 8.24. The molecule has 76 valence electrons. The molecule has 2 rings (SSSR count). The highest BCUT2D eigenvalue weighted by Gasteiger charge is 2.00. The van der Waals surface area contributed by atoms with Crippen LogP contribution in [-0.2, 0) is 0 Å². The van der Waals surface area contributed by atoms with Crippen molar-refractivity contribution < 1.29 is 0 Å². The van der Waals surface area contributed by atoms with Crippen LogP contribution in [0, 0.1) is 11.8 Å². The maximum atomic E-state index is 11.3. The lowest BCUT2D eigenvalue weighted by molar-refractivity contribution is 0.888. The van der Waals surface area contributed by atoms with Crippen molar-refractivity contribution in [3.05, 3.63) is 34.5 Å². The fourth-order valence-corrected chi connectivity index (χ4v) is 1.24. The lowest BCUT2D eigenvalue weighted by atomic mass is 10.3. The van der Waals surface area contributed by atoms with Crippen LogP contribution in [0.4, 0.5) is 0 Å². The first kappa shape index (κ1) is 9.49. The Labute approximate surface area is 86.1 Å². The first-order valence-electron chi connectivity index (χ1n) is 4.51. The molecule has 5 nitrogen and oxygen atoms in total. The molecule has 0 unspecified atom stereocenters. The van der Waals surface area contributed by atoms with Gasteiger partial charge in [0.25, 0.3) is 5.56 Å². The van der Waals surface area contributed by atoms with Crippen molar-refractivity contribution in [2.45, 2.75) is 0 Å².